The number of rotatable bonds is 4. The molecule has 0 amide bonds. The Morgan fingerprint density at radius 2 is 1.63 bits per heavy atom. The zero-order chi connectivity index (χ0) is 13.9. The Bertz CT molecular complexity index is 503. The molecule has 4 nitrogen and oxygen atoms in total. The minimum atomic E-state index is -3.01. The Hall–Kier alpha value is -0.910. The predicted molar refractivity (Wildman–Crippen MR) is 76.6 cm³/mol. The lowest BCUT2D eigenvalue weighted by molar-refractivity contribution is -0.917. The number of piperazine rings is 1. The summed E-state index contributed by atoms with van der Waals surface area (Å²) in [5.41, 5.74) is 2.70. The number of hydrogen-bond acceptors (Lipinski definition) is 2. The Kier molecular flexibility index (Phi) is 4.60. The molecule has 0 saturated carbocycles. The van der Waals surface area contributed by atoms with E-state index in [4.69, 9.17) is 0 Å². The molecule has 1 fully saturated rings. The second-order valence-electron chi connectivity index (χ2n) is 5.26. The van der Waals surface area contributed by atoms with E-state index in [0.29, 0.717) is 13.1 Å². The van der Waals surface area contributed by atoms with Crippen LogP contribution in [0.1, 0.15) is 18.1 Å². The number of quaternary nitrogens is 1. The summed E-state index contributed by atoms with van der Waals surface area (Å²) in [6.07, 6.45) is 2.36. The second kappa shape index (κ2) is 6.03. The van der Waals surface area contributed by atoms with Gasteiger partial charge in [0, 0.05) is 5.56 Å². The van der Waals surface area contributed by atoms with Crippen LogP contribution < -0.4 is 4.90 Å². The topological polar surface area (TPSA) is 41.8 Å². The van der Waals surface area contributed by atoms with Crippen LogP contribution in [0.3, 0.4) is 0 Å². The van der Waals surface area contributed by atoms with Crippen molar-refractivity contribution < 1.29 is 13.3 Å². The first-order valence-corrected chi connectivity index (χ1v) is 8.70. The van der Waals surface area contributed by atoms with Gasteiger partial charge in [-0.3, -0.25) is 0 Å². The standard InChI is InChI=1S/C14H22N2O2S/c1-3-13-4-6-14(7-5-13)12-15-8-10-16(11-9-15)19(2,17)18/h4-7H,3,8-12H2,1-2H3/p+1. The van der Waals surface area contributed by atoms with E-state index in [2.05, 4.69) is 31.2 Å². The van der Waals surface area contributed by atoms with E-state index in [0.717, 1.165) is 26.1 Å². The molecule has 0 atom stereocenters. The highest BCUT2D eigenvalue weighted by Crippen LogP contribution is 2.04. The molecule has 0 unspecified atom stereocenters. The van der Waals surface area contributed by atoms with E-state index in [-0.39, 0.29) is 0 Å². The first-order valence-electron chi connectivity index (χ1n) is 6.85. The Morgan fingerprint density at radius 3 is 2.11 bits per heavy atom. The molecule has 1 aromatic carbocycles. The van der Waals surface area contributed by atoms with Gasteiger partial charge in [0.05, 0.1) is 32.4 Å². The third-order valence-electron chi connectivity index (χ3n) is 3.78. The van der Waals surface area contributed by atoms with Crippen LogP contribution in [0.2, 0.25) is 0 Å². The molecule has 1 N–H and O–H groups in total. The SMILES string of the molecule is CCc1ccc(C[NH+]2CCN(S(C)(=O)=O)CC2)cc1. The Morgan fingerprint density at radius 1 is 1.11 bits per heavy atom. The summed E-state index contributed by atoms with van der Waals surface area (Å²) in [4.78, 5) is 1.46. The molecule has 0 spiro atoms. The average Bonchev–Trinajstić information content (AvgIpc) is 2.39. The highest BCUT2D eigenvalue weighted by molar-refractivity contribution is 7.88. The number of sulfonamides is 1. The minimum Gasteiger partial charge on any atom is -0.329 e. The lowest BCUT2D eigenvalue weighted by Crippen LogP contribution is -3.13. The molecule has 0 bridgehead atoms. The first-order chi connectivity index (χ1) is 8.99. The summed E-state index contributed by atoms with van der Waals surface area (Å²) in [5, 5.41) is 0. The quantitative estimate of drug-likeness (QED) is 0.839. The summed E-state index contributed by atoms with van der Waals surface area (Å²) in [5.74, 6) is 0. The monoisotopic (exact) mass is 283 g/mol. The van der Waals surface area contributed by atoms with Crippen LogP contribution in [0.25, 0.3) is 0 Å². The van der Waals surface area contributed by atoms with Gasteiger partial charge < -0.3 is 4.90 Å². The first kappa shape index (κ1) is 14.5. The maximum absolute atomic E-state index is 11.4. The smallest absolute Gasteiger partial charge is 0.211 e. The van der Waals surface area contributed by atoms with Gasteiger partial charge in [-0.05, 0) is 12.0 Å². The van der Waals surface area contributed by atoms with Crippen molar-refractivity contribution in [1.82, 2.24) is 4.31 Å². The maximum atomic E-state index is 11.4. The van der Waals surface area contributed by atoms with Crippen LogP contribution in [0.15, 0.2) is 24.3 Å². The Labute approximate surface area is 116 Å². The van der Waals surface area contributed by atoms with E-state index in [9.17, 15) is 8.42 Å². The van der Waals surface area contributed by atoms with Crippen LogP contribution in [0.5, 0.6) is 0 Å². The zero-order valence-corrected chi connectivity index (χ0v) is 12.5. The highest BCUT2D eigenvalue weighted by Gasteiger charge is 2.25. The van der Waals surface area contributed by atoms with Gasteiger partial charge in [-0.2, -0.15) is 4.31 Å². The van der Waals surface area contributed by atoms with Gasteiger partial charge in [-0.1, -0.05) is 31.2 Å². The number of aryl methyl sites for hydroxylation is 1. The van der Waals surface area contributed by atoms with Crippen molar-refractivity contribution >= 4 is 10.0 Å². The fraction of sp³-hybridized carbons (Fsp3) is 0.571. The lowest BCUT2D eigenvalue weighted by atomic mass is 10.1. The fourth-order valence-electron chi connectivity index (χ4n) is 2.49. The highest BCUT2D eigenvalue weighted by atomic mass is 32.2. The molecular weight excluding hydrogens is 260 g/mol. The van der Waals surface area contributed by atoms with Crippen LogP contribution >= 0.6 is 0 Å². The fourth-order valence-corrected chi connectivity index (χ4v) is 3.34. The Balaban J connectivity index is 1.88. The van der Waals surface area contributed by atoms with Crippen molar-refractivity contribution in [2.24, 2.45) is 0 Å². The van der Waals surface area contributed by atoms with Crippen molar-refractivity contribution in [3.05, 3.63) is 35.4 Å². The van der Waals surface area contributed by atoms with Gasteiger partial charge in [-0.25, -0.2) is 8.42 Å². The number of hydrogen-bond donors (Lipinski definition) is 1. The van der Waals surface area contributed by atoms with Gasteiger partial charge in [0.2, 0.25) is 10.0 Å². The van der Waals surface area contributed by atoms with Crippen molar-refractivity contribution in [2.75, 3.05) is 32.4 Å². The van der Waals surface area contributed by atoms with Gasteiger partial charge in [0.25, 0.3) is 0 Å². The van der Waals surface area contributed by atoms with Crippen molar-refractivity contribution in [1.29, 1.82) is 0 Å². The van der Waals surface area contributed by atoms with Crippen LogP contribution in [0.4, 0.5) is 0 Å². The summed E-state index contributed by atoms with van der Waals surface area (Å²) in [7, 11) is -3.01. The van der Waals surface area contributed by atoms with E-state index < -0.39 is 10.0 Å². The molecule has 1 saturated heterocycles. The molecule has 19 heavy (non-hydrogen) atoms. The molecule has 1 aliphatic rings. The largest absolute Gasteiger partial charge is 0.329 e. The predicted octanol–water partition coefficient (Wildman–Crippen LogP) is -0.0909. The molecule has 0 aromatic heterocycles. The molecule has 5 heteroatoms. The lowest BCUT2D eigenvalue weighted by Gasteiger charge is -2.30. The number of nitrogens with zero attached hydrogens (tertiary/aromatic N) is 1. The number of benzene rings is 1. The molecular formula is C14H23N2O2S+. The third kappa shape index (κ3) is 4.03. The van der Waals surface area contributed by atoms with Gasteiger partial charge in [-0.15, -0.1) is 0 Å². The minimum absolute atomic E-state index is 0.640. The van der Waals surface area contributed by atoms with Gasteiger partial charge >= 0.3 is 0 Å². The molecule has 0 aliphatic carbocycles. The average molecular weight is 283 g/mol. The molecule has 106 valence electrons. The van der Waals surface area contributed by atoms with Gasteiger partial charge in [0.15, 0.2) is 0 Å². The summed E-state index contributed by atoms with van der Waals surface area (Å²) in [6.45, 7) is 6.21. The zero-order valence-electron chi connectivity index (χ0n) is 11.7. The molecule has 2 rings (SSSR count). The number of nitrogens with one attached hydrogen (secondary N) is 1. The molecule has 0 radical (unpaired) electrons. The van der Waals surface area contributed by atoms with Crippen molar-refractivity contribution in [3.8, 4) is 0 Å². The van der Waals surface area contributed by atoms with Crippen LogP contribution in [-0.2, 0) is 23.0 Å². The summed E-state index contributed by atoms with van der Waals surface area (Å²) < 4.78 is 24.5. The second-order valence-corrected chi connectivity index (χ2v) is 7.24. The molecule has 1 heterocycles. The maximum Gasteiger partial charge on any atom is 0.211 e. The van der Waals surface area contributed by atoms with Crippen LogP contribution in [-0.4, -0.2) is 45.2 Å². The van der Waals surface area contributed by atoms with Gasteiger partial charge in [0.1, 0.15) is 6.54 Å². The molecule has 1 aromatic rings. The third-order valence-corrected chi connectivity index (χ3v) is 5.09. The van der Waals surface area contributed by atoms with Crippen molar-refractivity contribution in [3.63, 3.8) is 0 Å². The summed E-state index contributed by atoms with van der Waals surface area (Å²) in [6, 6.07) is 8.74. The van der Waals surface area contributed by atoms with E-state index >= 15 is 0 Å². The normalized spacial score (nSPS) is 18.6. The van der Waals surface area contributed by atoms with E-state index in [1.807, 2.05) is 0 Å². The van der Waals surface area contributed by atoms with Crippen molar-refractivity contribution in [2.45, 2.75) is 19.9 Å². The summed E-state index contributed by atoms with van der Waals surface area (Å²) >= 11 is 0. The van der Waals surface area contributed by atoms with E-state index in [1.54, 1.807) is 4.31 Å². The van der Waals surface area contributed by atoms with Crippen LogP contribution in [0, 0.1) is 0 Å². The van der Waals surface area contributed by atoms with E-state index in [1.165, 1.54) is 22.3 Å². The molecule has 1 aliphatic heterocycles.